The highest BCUT2D eigenvalue weighted by atomic mass is 16.5. The van der Waals surface area contributed by atoms with Crippen molar-refractivity contribution in [2.45, 2.75) is 6.42 Å². The third kappa shape index (κ3) is 4.49. The zero-order valence-electron chi connectivity index (χ0n) is 19.0. The molecule has 0 spiro atoms. The Hall–Kier alpha value is -4.17. The second-order valence-electron chi connectivity index (χ2n) is 8.47. The van der Waals surface area contributed by atoms with Gasteiger partial charge in [-0.05, 0) is 50.8 Å². The maximum absolute atomic E-state index is 11.2. The maximum Gasteiger partial charge on any atom is 0.335 e. The standard InChI is InChI=1S/C26H25N5O3/c1-31(2)12-3-13-34-19-9-11-21-23(15-19)30-25(28-21)17-6-4-16(5-7-17)24-27-20-10-8-18(26(32)33)14-22(20)29-24/h4-11,14-15H,3,12-13H2,1-2H3,(H,27,29)(H,28,30)(H,32,33). The largest absolute Gasteiger partial charge is 0.493 e. The predicted octanol–water partition coefficient (Wildman–Crippen LogP) is 4.80. The summed E-state index contributed by atoms with van der Waals surface area (Å²) in [5.74, 6) is 1.33. The van der Waals surface area contributed by atoms with Gasteiger partial charge in [0.2, 0.25) is 0 Å². The molecule has 8 nitrogen and oxygen atoms in total. The third-order valence-electron chi connectivity index (χ3n) is 5.63. The van der Waals surface area contributed by atoms with E-state index in [-0.39, 0.29) is 5.56 Å². The van der Waals surface area contributed by atoms with E-state index in [1.165, 1.54) is 0 Å². The fourth-order valence-corrected chi connectivity index (χ4v) is 3.85. The first-order valence-electron chi connectivity index (χ1n) is 11.1. The Morgan fingerprint density at radius 3 is 2.06 bits per heavy atom. The number of imidazole rings is 2. The number of carbonyl (C=O) groups is 1. The number of benzene rings is 3. The molecule has 0 aliphatic rings. The lowest BCUT2D eigenvalue weighted by atomic mass is 10.1. The molecule has 5 aromatic rings. The first-order chi connectivity index (χ1) is 16.5. The van der Waals surface area contributed by atoms with Gasteiger partial charge in [-0.15, -0.1) is 0 Å². The van der Waals surface area contributed by atoms with Crippen molar-refractivity contribution in [1.82, 2.24) is 24.8 Å². The summed E-state index contributed by atoms with van der Waals surface area (Å²) in [5, 5.41) is 9.19. The van der Waals surface area contributed by atoms with Crippen LogP contribution in [-0.2, 0) is 0 Å². The van der Waals surface area contributed by atoms with E-state index in [9.17, 15) is 9.90 Å². The maximum atomic E-state index is 11.2. The van der Waals surface area contributed by atoms with E-state index in [0.717, 1.165) is 52.2 Å². The summed E-state index contributed by atoms with van der Waals surface area (Å²) >= 11 is 0. The Bertz CT molecular complexity index is 1470. The molecule has 0 bridgehead atoms. The molecule has 2 aromatic heterocycles. The van der Waals surface area contributed by atoms with Crippen molar-refractivity contribution in [3.63, 3.8) is 0 Å². The van der Waals surface area contributed by atoms with Crippen molar-refractivity contribution in [2.24, 2.45) is 0 Å². The lowest BCUT2D eigenvalue weighted by Gasteiger charge is -2.10. The molecular formula is C26H25N5O3. The number of hydrogen-bond donors (Lipinski definition) is 3. The molecule has 2 heterocycles. The summed E-state index contributed by atoms with van der Waals surface area (Å²) in [4.78, 5) is 29.2. The van der Waals surface area contributed by atoms with Gasteiger partial charge < -0.3 is 24.7 Å². The van der Waals surface area contributed by atoms with Crippen molar-refractivity contribution in [1.29, 1.82) is 0 Å². The smallest absolute Gasteiger partial charge is 0.335 e. The molecule has 0 saturated carbocycles. The average Bonchev–Trinajstić information content (AvgIpc) is 3.45. The molecule has 8 heteroatoms. The Morgan fingerprint density at radius 2 is 1.47 bits per heavy atom. The number of fused-ring (bicyclic) bond motifs is 2. The van der Waals surface area contributed by atoms with Crippen LogP contribution in [0.1, 0.15) is 16.8 Å². The quantitative estimate of drug-likeness (QED) is 0.290. The van der Waals surface area contributed by atoms with Gasteiger partial charge in [0.1, 0.15) is 17.4 Å². The zero-order chi connectivity index (χ0) is 23.7. The molecule has 5 rings (SSSR count). The van der Waals surface area contributed by atoms with E-state index in [0.29, 0.717) is 17.9 Å². The van der Waals surface area contributed by atoms with E-state index in [4.69, 9.17) is 9.72 Å². The van der Waals surface area contributed by atoms with Crippen LogP contribution in [0.15, 0.2) is 60.7 Å². The van der Waals surface area contributed by atoms with Gasteiger partial charge in [0, 0.05) is 23.7 Å². The van der Waals surface area contributed by atoms with Crippen LogP contribution in [0.2, 0.25) is 0 Å². The summed E-state index contributed by atoms with van der Waals surface area (Å²) in [7, 11) is 4.11. The highest BCUT2D eigenvalue weighted by molar-refractivity contribution is 5.93. The lowest BCUT2D eigenvalue weighted by molar-refractivity contribution is 0.0697. The number of nitrogens with one attached hydrogen (secondary N) is 2. The lowest BCUT2D eigenvalue weighted by Crippen LogP contribution is -2.15. The van der Waals surface area contributed by atoms with E-state index >= 15 is 0 Å². The minimum Gasteiger partial charge on any atom is -0.493 e. The highest BCUT2D eigenvalue weighted by Gasteiger charge is 2.11. The Kier molecular flexibility index (Phi) is 5.73. The second kappa shape index (κ2) is 8.99. The minimum atomic E-state index is -0.962. The molecule has 0 fully saturated rings. The van der Waals surface area contributed by atoms with Gasteiger partial charge >= 0.3 is 5.97 Å². The second-order valence-corrected chi connectivity index (χ2v) is 8.47. The number of aromatic nitrogens is 4. The van der Waals surface area contributed by atoms with Crippen molar-refractivity contribution in [2.75, 3.05) is 27.2 Å². The minimum absolute atomic E-state index is 0.227. The van der Waals surface area contributed by atoms with Crippen LogP contribution >= 0.6 is 0 Å². The predicted molar refractivity (Wildman–Crippen MR) is 132 cm³/mol. The number of aromatic amines is 2. The Balaban J connectivity index is 1.34. The van der Waals surface area contributed by atoms with E-state index in [2.05, 4.69) is 33.9 Å². The highest BCUT2D eigenvalue weighted by Crippen LogP contribution is 2.27. The van der Waals surface area contributed by atoms with Gasteiger partial charge in [0.25, 0.3) is 0 Å². The number of aromatic carboxylic acids is 1. The summed E-state index contributed by atoms with van der Waals surface area (Å²) in [5.41, 5.74) is 5.31. The SMILES string of the molecule is CN(C)CCCOc1ccc2nc(-c3ccc(-c4nc5ccc(C(=O)O)cc5[nH]4)cc3)[nH]c2c1. The monoisotopic (exact) mass is 455 g/mol. The summed E-state index contributed by atoms with van der Waals surface area (Å²) in [6.45, 7) is 1.66. The third-order valence-corrected chi connectivity index (χ3v) is 5.63. The van der Waals surface area contributed by atoms with Gasteiger partial charge in [-0.3, -0.25) is 0 Å². The number of rotatable bonds is 8. The average molecular weight is 456 g/mol. The van der Waals surface area contributed by atoms with Crippen molar-refractivity contribution in [3.05, 3.63) is 66.2 Å². The Morgan fingerprint density at radius 1 is 0.882 bits per heavy atom. The van der Waals surface area contributed by atoms with Gasteiger partial charge in [0.05, 0.1) is 34.2 Å². The summed E-state index contributed by atoms with van der Waals surface area (Å²) in [6.07, 6.45) is 0.970. The van der Waals surface area contributed by atoms with Crippen LogP contribution in [0.5, 0.6) is 5.75 Å². The van der Waals surface area contributed by atoms with Crippen molar-refractivity contribution >= 4 is 28.0 Å². The number of nitrogens with zero attached hydrogens (tertiary/aromatic N) is 3. The first-order valence-corrected chi connectivity index (χ1v) is 11.1. The topological polar surface area (TPSA) is 107 Å². The molecule has 0 amide bonds. The van der Waals surface area contributed by atoms with Crippen LogP contribution in [0.25, 0.3) is 44.8 Å². The molecular weight excluding hydrogens is 430 g/mol. The fraction of sp³-hybridized carbons (Fsp3) is 0.192. The summed E-state index contributed by atoms with van der Waals surface area (Å²) < 4.78 is 5.87. The molecule has 0 atom stereocenters. The molecule has 0 radical (unpaired) electrons. The van der Waals surface area contributed by atoms with Crippen LogP contribution in [0.4, 0.5) is 0 Å². The summed E-state index contributed by atoms with van der Waals surface area (Å²) in [6, 6.07) is 18.7. The molecule has 0 unspecified atom stereocenters. The van der Waals surface area contributed by atoms with Crippen molar-refractivity contribution < 1.29 is 14.6 Å². The van der Waals surface area contributed by atoms with Crippen LogP contribution in [0, 0.1) is 0 Å². The van der Waals surface area contributed by atoms with E-state index < -0.39 is 5.97 Å². The van der Waals surface area contributed by atoms with Gasteiger partial charge in [-0.1, -0.05) is 24.3 Å². The number of ether oxygens (including phenoxy) is 1. The molecule has 0 aliphatic carbocycles. The molecule has 3 N–H and O–H groups in total. The normalized spacial score (nSPS) is 11.5. The molecule has 34 heavy (non-hydrogen) atoms. The molecule has 172 valence electrons. The number of carboxylic acid groups (broad SMARTS) is 1. The number of H-pyrrole nitrogens is 2. The Labute approximate surface area is 196 Å². The molecule has 0 aliphatic heterocycles. The van der Waals surface area contributed by atoms with Crippen LogP contribution in [-0.4, -0.2) is 63.2 Å². The number of carboxylic acids is 1. The van der Waals surface area contributed by atoms with E-state index in [1.54, 1.807) is 18.2 Å². The van der Waals surface area contributed by atoms with Gasteiger partial charge in [-0.2, -0.15) is 0 Å². The molecule has 0 saturated heterocycles. The number of hydrogen-bond acceptors (Lipinski definition) is 5. The van der Waals surface area contributed by atoms with Crippen LogP contribution < -0.4 is 4.74 Å². The van der Waals surface area contributed by atoms with E-state index in [1.807, 2.05) is 42.5 Å². The van der Waals surface area contributed by atoms with Crippen LogP contribution in [0.3, 0.4) is 0 Å². The fourth-order valence-electron chi connectivity index (χ4n) is 3.85. The zero-order valence-corrected chi connectivity index (χ0v) is 19.0. The van der Waals surface area contributed by atoms with Crippen molar-refractivity contribution in [3.8, 4) is 28.5 Å². The first kappa shape index (κ1) is 21.7. The molecule has 3 aromatic carbocycles. The van der Waals surface area contributed by atoms with Gasteiger partial charge in [0.15, 0.2) is 0 Å². The van der Waals surface area contributed by atoms with Gasteiger partial charge in [-0.25, -0.2) is 14.8 Å².